The van der Waals surface area contributed by atoms with Gasteiger partial charge < -0.3 is 10.3 Å². The summed E-state index contributed by atoms with van der Waals surface area (Å²) in [5.74, 6) is 0. The average molecular weight is 270 g/mol. The highest BCUT2D eigenvalue weighted by Gasteiger charge is 2.13. The van der Waals surface area contributed by atoms with Crippen LogP contribution in [0.4, 0.5) is 0 Å². The quantitative estimate of drug-likeness (QED) is 0.785. The number of benzene rings is 1. The monoisotopic (exact) mass is 270 g/mol. The third-order valence-electron chi connectivity index (χ3n) is 3.70. The topological polar surface area (TPSA) is 65.8 Å². The summed E-state index contributed by atoms with van der Waals surface area (Å²) >= 11 is 0. The number of hydrogen-bond donors (Lipinski definition) is 1. The van der Waals surface area contributed by atoms with Crippen LogP contribution in [0.2, 0.25) is 0 Å². The first-order valence-corrected chi connectivity index (χ1v) is 6.78. The minimum Gasteiger partial charge on any atom is -0.338 e. The van der Waals surface area contributed by atoms with Crippen LogP contribution in [0.1, 0.15) is 12.0 Å². The van der Waals surface area contributed by atoms with E-state index in [1.165, 1.54) is 0 Å². The van der Waals surface area contributed by atoms with Gasteiger partial charge in [-0.25, -0.2) is 0 Å². The van der Waals surface area contributed by atoms with Gasteiger partial charge in [0, 0.05) is 19.0 Å². The van der Waals surface area contributed by atoms with E-state index in [1.54, 1.807) is 17.9 Å². The van der Waals surface area contributed by atoms with Gasteiger partial charge in [0.1, 0.15) is 5.52 Å². The van der Waals surface area contributed by atoms with E-state index in [4.69, 9.17) is 5.73 Å². The largest absolute Gasteiger partial charge is 0.338 e. The normalized spacial score (nSPS) is 11.6. The number of rotatable bonds is 3. The minimum absolute atomic E-state index is 0.0442. The van der Waals surface area contributed by atoms with Gasteiger partial charge in [0.05, 0.1) is 17.2 Å². The Labute approximate surface area is 116 Å². The predicted molar refractivity (Wildman–Crippen MR) is 80.9 cm³/mol. The molecule has 104 valence electrons. The molecule has 5 nitrogen and oxygen atoms in total. The van der Waals surface area contributed by atoms with Gasteiger partial charge in [0.25, 0.3) is 0 Å². The molecule has 0 bridgehead atoms. The summed E-state index contributed by atoms with van der Waals surface area (Å²) in [7, 11) is 1.80. The fourth-order valence-electron chi connectivity index (χ4n) is 2.70. The molecule has 2 aromatic heterocycles. The zero-order chi connectivity index (χ0) is 14.3. The van der Waals surface area contributed by atoms with Crippen LogP contribution in [-0.4, -0.2) is 20.9 Å². The molecule has 0 amide bonds. The molecule has 0 aliphatic rings. The number of fused-ring (bicyclic) bond motifs is 2. The van der Waals surface area contributed by atoms with Crippen molar-refractivity contribution >= 4 is 21.9 Å². The van der Waals surface area contributed by atoms with E-state index in [-0.39, 0.29) is 5.43 Å². The van der Waals surface area contributed by atoms with Crippen molar-refractivity contribution in [2.45, 2.75) is 19.9 Å². The fraction of sp³-hybridized carbons (Fsp3) is 0.333. The van der Waals surface area contributed by atoms with Crippen LogP contribution < -0.4 is 11.2 Å². The summed E-state index contributed by atoms with van der Waals surface area (Å²) in [5.41, 5.74) is 9.24. The van der Waals surface area contributed by atoms with Crippen molar-refractivity contribution in [2.75, 3.05) is 6.54 Å². The van der Waals surface area contributed by atoms with Crippen LogP contribution >= 0.6 is 0 Å². The summed E-state index contributed by atoms with van der Waals surface area (Å²) in [6.45, 7) is 3.41. The van der Waals surface area contributed by atoms with Crippen molar-refractivity contribution in [1.82, 2.24) is 14.3 Å². The number of nitrogens with two attached hydrogens (primary N) is 1. The zero-order valence-electron chi connectivity index (χ0n) is 11.8. The van der Waals surface area contributed by atoms with Gasteiger partial charge in [-0.05, 0) is 32.0 Å². The molecule has 0 aliphatic carbocycles. The van der Waals surface area contributed by atoms with Crippen LogP contribution in [0, 0.1) is 6.92 Å². The van der Waals surface area contributed by atoms with Gasteiger partial charge >= 0.3 is 0 Å². The minimum atomic E-state index is 0.0442. The molecule has 3 rings (SSSR count). The van der Waals surface area contributed by atoms with Gasteiger partial charge in [-0.15, -0.1) is 0 Å². The molecule has 5 heteroatoms. The van der Waals surface area contributed by atoms with E-state index in [9.17, 15) is 4.79 Å². The van der Waals surface area contributed by atoms with E-state index < -0.39 is 0 Å². The summed E-state index contributed by atoms with van der Waals surface area (Å²) in [5, 5.41) is 4.98. The molecule has 0 saturated heterocycles. The number of pyridine rings is 1. The first kappa shape index (κ1) is 12.9. The Bertz CT molecular complexity index is 844. The van der Waals surface area contributed by atoms with Crippen molar-refractivity contribution in [3.05, 3.63) is 40.2 Å². The first-order chi connectivity index (χ1) is 9.63. The van der Waals surface area contributed by atoms with Gasteiger partial charge in [-0.3, -0.25) is 9.48 Å². The van der Waals surface area contributed by atoms with Crippen LogP contribution in [0.3, 0.4) is 0 Å². The second-order valence-electron chi connectivity index (χ2n) is 5.15. The lowest BCUT2D eigenvalue weighted by atomic mass is 10.1. The number of aryl methyl sites for hydroxylation is 3. The molecule has 0 spiro atoms. The van der Waals surface area contributed by atoms with Crippen LogP contribution in [0.15, 0.2) is 29.2 Å². The Morgan fingerprint density at radius 3 is 2.85 bits per heavy atom. The molecule has 0 unspecified atom stereocenters. The standard InChI is InChI=1S/C15H18N4O/c1-10-4-5-12-11(8-10)15(20)14-13(9-17-18(14)2)19(12)7-3-6-16/h4-5,8-9H,3,6-7,16H2,1-2H3. The van der Waals surface area contributed by atoms with Crippen molar-refractivity contribution < 1.29 is 0 Å². The SMILES string of the molecule is Cc1ccc2c(c1)c(=O)c1c(cnn1C)n2CCCN. The Morgan fingerprint density at radius 2 is 2.10 bits per heavy atom. The van der Waals surface area contributed by atoms with Crippen LogP contribution in [0.5, 0.6) is 0 Å². The first-order valence-electron chi connectivity index (χ1n) is 6.78. The molecule has 0 radical (unpaired) electrons. The molecule has 3 aromatic rings. The molecule has 2 heterocycles. The average Bonchev–Trinajstić information content (AvgIpc) is 2.81. The number of nitrogens with zero attached hydrogens (tertiary/aromatic N) is 3. The molecule has 0 saturated carbocycles. The molecule has 1 aromatic carbocycles. The predicted octanol–water partition coefficient (Wildman–Crippen LogP) is 1.55. The second-order valence-corrected chi connectivity index (χ2v) is 5.15. The molecule has 0 aliphatic heterocycles. The van der Waals surface area contributed by atoms with Crippen molar-refractivity contribution in [2.24, 2.45) is 12.8 Å². The fourth-order valence-corrected chi connectivity index (χ4v) is 2.70. The molecule has 0 atom stereocenters. The highest BCUT2D eigenvalue weighted by atomic mass is 16.1. The van der Waals surface area contributed by atoms with Gasteiger partial charge in [-0.2, -0.15) is 5.10 Å². The Hall–Kier alpha value is -2.14. The lowest BCUT2D eigenvalue weighted by Crippen LogP contribution is -2.14. The smallest absolute Gasteiger partial charge is 0.215 e. The van der Waals surface area contributed by atoms with E-state index >= 15 is 0 Å². The zero-order valence-corrected chi connectivity index (χ0v) is 11.8. The van der Waals surface area contributed by atoms with Gasteiger partial charge in [0.15, 0.2) is 0 Å². The Morgan fingerprint density at radius 1 is 1.30 bits per heavy atom. The van der Waals surface area contributed by atoms with Crippen molar-refractivity contribution in [1.29, 1.82) is 0 Å². The summed E-state index contributed by atoms with van der Waals surface area (Å²) < 4.78 is 3.80. The third kappa shape index (κ3) is 1.82. The molecule has 0 fully saturated rings. The maximum absolute atomic E-state index is 12.6. The Kier molecular flexibility index (Phi) is 3.06. The number of aromatic nitrogens is 3. The summed E-state index contributed by atoms with van der Waals surface area (Å²) in [6, 6.07) is 5.99. The lowest BCUT2D eigenvalue weighted by Gasteiger charge is -2.13. The van der Waals surface area contributed by atoms with Crippen molar-refractivity contribution in [3.8, 4) is 0 Å². The van der Waals surface area contributed by atoms with Crippen LogP contribution in [-0.2, 0) is 13.6 Å². The maximum Gasteiger partial charge on any atom is 0.215 e. The van der Waals surface area contributed by atoms with E-state index in [0.29, 0.717) is 12.1 Å². The lowest BCUT2D eigenvalue weighted by molar-refractivity contribution is 0.684. The molecule has 2 N–H and O–H groups in total. The second kappa shape index (κ2) is 4.76. The molecular formula is C15H18N4O. The van der Waals surface area contributed by atoms with Gasteiger partial charge in [-0.1, -0.05) is 11.6 Å². The maximum atomic E-state index is 12.6. The molecule has 20 heavy (non-hydrogen) atoms. The third-order valence-corrected chi connectivity index (χ3v) is 3.70. The highest BCUT2D eigenvalue weighted by Crippen LogP contribution is 2.20. The summed E-state index contributed by atoms with van der Waals surface area (Å²) in [4.78, 5) is 12.6. The van der Waals surface area contributed by atoms with E-state index in [1.807, 2.05) is 25.1 Å². The highest BCUT2D eigenvalue weighted by molar-refractivity contribution is 5.92. The van der Waals surface area contributed by atoms with Gasteiger partial charge in [0.2, 0.25) is 5.43 Å². The van der Waals surface area contributed by atoms with Crippen molar-refractivity contribution in [3.63, 3.8) is 0 Å². The van der Waals surface area contributed by atoms with E-state index in [0.717, 1.165) is 34.9 Å². The van der Waals surface area contributed by atoms with Crippen LogP contribution in [0.25, 0.3) is 21.9 Å². The van der Waals surface area contributed by atoms with E-state index in [2.05, 4.69) is 9.67 Å². The summed E-state index contributed by atoms with van der Waals surface area (Å²) in [6.07, 6.45) is 2.63. The molecular weight excluding hydrogens is 252 g/mol. The Balaban J connectivity index is 2.47. The number of hydrogen-bond acceptors (Lipinski definition) is 3.